The number of carbonyl (C=O) groups is 4. The fourth-order valence-electron chi connectivity index (χ4n) is 5.47. The molecule has 0 aromatic carbocycles. The molecule has 0 bridgehead atoms. The second kappa shape index (κ2) is 13.4. The van der Waals surface area contributed by atoms with Crippen molar-refractivity contribution in [3.63, 3.8) is 0 Å². The molecule has 4 atom stereocenters. The van der Waals surface area contributed by atoms with Gasteiger partial charge in [0.2, 0.25) is 11.8 Å². The third-order valence-corrected chi connectivity index (χ3v) is 8.75. The monoisotopic (exact) mass is 618 g/mol. The molecular formula is C29H42N6O7S. The first-order valence-corrected chi connectivity index (χ1v) is 16.3. The number of rotatable bonds is 6. The number of aromatic nitrogens is 1. The molecule has 1 saturated heterocycles. The van der Waals surface area contributed by atoms with E-state index in [4.69, 9.17) is 4.74 Å². The average molecular weight is 619 g/mol. The van der Waals surface area contributed by atoms with Gasteiger partial charge in [0.05, 0.1) is 0 Å². The van der Waals surface area contributed by atoms with Crippen LogP contribution in [0, 0.1) is 5.92 Å². The van der Waals surface area contributed by atoms with E-state index in [-0.39, 0.29) is 18.9 Å². The average Bonchev–Trinajstić information content (AvgIpc) is 3.39. The largest absolute Gasteiger partial charge is 0.444 e. The zero-order valence-corrected chi connectivity index (χ0v) is 25.7. The predicted octanol–water partition coefficient (Wildman–Crippen LogP) is 1.81. The maximum Gasteiger partial charge on any atom is 0.408 e. The van der Waals surface area contributed by atoms with E-state index in [2.05, 4.69) is 25.1 Å². The molecule has 13 nitrogen and oxygen atoms in total. The van der Waals surface area contributed by atoms with Gasteiger partial charge in [0.1, 0.15) is 23.2 Å². The van der Waals surface area contributed by atoms with Gasteiger partial charge in [-0.25, -0.2) is 9.52 Å². The number of hydrogen-bond donors (Lipinski definition) is 4. The zero-order valence-electron chi connectivity index (χ0n) is 24.9. The minimum Gasteiger partial charge on any atom is -0.444 e. The van der Waals surface area contributed by atoms with Crippen molar-refractivity contribution in [2.45, 2.75) is 102 Å². The Hall–Kier alpha value is -3.52. The van der Waals surface area contributed by atoms with Crippen LogP contribution >= 0.6 is 0 Å². The Labute approximate surface area is 252 Å². The van der Waals surface area contributed by atoms with E-state index in [1.807, 2.05) is 12.2 Å². The van der Waals surface area contributed by atoms with Gasteiger partial charge in [-0.1, -0.05) is 25.0 Å². The predicted molar refractivity (Wildman–Crippen MR) is 157 cm³/mol. The fourth-order valence-corrected chi connectivity index (χ4v) is 6.33. The van der Waals surface area contributed by atoms with Gasteiger partial charge in [0.25, 0.3) is 5.91 Å². The van der Waals surface area contributed by atoms with Gasteiger partial charge in [-0.3, -0.25) is 19.4 Å². The topological polar surface area (TPSA) is 176 Å². The van der Waals surface area contributed by atoms with E-state index in [0.717, 1.165) is 12.8 Å². The van der Waals surface area contributed by atoms with Crippen molar-refractivity contribution in [3.8, 4) is 0 Å². The summed E-state index contributed by atoms with van der Waals surface area (Å²) in [5, 5.41) is 5.50. The van der Waals surface area contributed by atoms with Crippen molar-refractivity contribution >= 4 is 34.0 Å². The molecule has 0 radical (unpaired) electrons. The lowest BCUT2D eigenvalue weighted by Gasteiger charge is -2.30. The lowest BCUT2D eigenvalue weighted by atomic mass is 10.0. The van der Waals surface area contributed by atoms with Crippen molar-refractivity contribution in [1.82, 2.24) is 30.0 Å². The second-order valence-electron chi connectivity index (χ2n) is 12.3. The summed E-state index contributed by atoms with van der Waals surface area (Å²) >= 11 is 0. The molecular weight excluding hydrogens is 576 g/mol. The van der Waals surface area contributed by atoms with E-state index >= 15 is 0 Å². The quantitative estimate of drug-likeness (QED) is 0.349. The third-order valence-electron chi connectivity index (χ3n) is 7.77. The molecule has 4 amide bonds. The second-order valence-corrected chi connectivity index (χ2v) is 13.8. The number of carbonyl (C=O) groups excluding carboxylic acids is 4. The molecule has 4 rings (SSSR count). The number of allylic oxidation sites excluding steroid dienone is 1. The lowest BCUT2D eigenvalue weighted by molar-refractivity contribution is -0.141. The van der Waals surface area contributed by atoms with Gasteiger partial charge >= 0.3 is 16.3 Å². The molecule has 4 N–H and O–H groups in total. The summed E-state index contributed by atoms with van der Waals surface area (Å²) in [7, 11) is -4.24. The van der Waals surface area contributed by atoms with Crippen LogP contribution < -0.4 is 20.1 Å². The Kier molecular flexibility index (Phi) is 10.1. The highest BCUT2D eigenvalue weighted by molar-refractivity contribution is 7.88. The van der Waals surface area contributed by atoms with Crippen molar-refractivity contribution in [1.29, 1.82) is 0 Å². The van der Waals surface area contributed by atoms with Gasteiger partial charge < -0.3 is 20.3 Å². The summed E-state index contributed by atoms with van der Waals surface area (Å²) in [6, 6.07) is 1.56. The zero-order chi connectivity index (χ0) is 31.3. The molecule has 1 aromatic heterocycles. The number of alkyl carbamates (subject to hydrolysis) is 1. The number of fused-ring (bicyclic) bond motifs is 2. The highest BCUT2D eigenvalue weighted by Crippen LogP contribution is 2.45. The van der Waals surface area contributed by atoms with Crippen LogP contribution in [0.2, 0.25) is 0 Å². The van der Waals surface area contributed by atoms with E-state index in [9.17, 15) is 27.6 Å². The highest BCUT2D eigenvalue weighted by Gasteiger charge is 2.61. The summed E-state index contributed by atoms with van der Waals surface area (Å²) in [4.78, 5) is 58.7. The number of ether oxygens (including phenoxy) is 1. The molecule has 2 aliphatic heterocycles. The molecule has 1 aromatic rings. The van der Waals surface area contributed by atoms with Crippen LogP contribution in [0.3, 0.4) is 0 Å². The van der Waals surface area contributed by atoms with E-state index in [1.165, 1.54) is 17.3 Å². The van der Waals surface area contributed by atoms with Crippen LogP contribution in [0.15, 0.2) is 36.7 Å². The summed E-state index contributed by atoms with van der Waals surface area (Å²) in [5.41, 5.74) is -1.55. The van der Waals surface area contributed by atoms with Gasteiger partial charge in [-0.05, 0) is 77.0 Å². The van der Waals surface area contributed by atoms with Crippen molar-refractivity contribution in [2.24, 2.45) is 5.92 Å². The maximum absolute atomic E-state index is 13.7. The Bertz CT molecular complexity index is 1330. The molecule has 1 aliphatic carbocycles. The van der Waals surface area contributed by atoms with Crippen LogP contribution in [0.4, 0.5) is 4.79 Å². The smallest absolute Gasteiger partial charge is 0.408 e. The molecule has 43 heavy (non-hydrogen) atoms. The Balaban J connectivity index is 1.50. The SMILES string of the molecule is CC(C)(C)OC(=O)N[C@H]1CCCCC/C=C\[C@@H]2C[C@@]2(C(=O)NS(=O)(=O)NCc2ccncc2)NC(=O)[C@@H]2CCCN2C1=O. The van der Waals surface area contributed by atoms with Crippen LogP contribution in [-0.2, 0) is 35.9 Å². The minimum atomic E-state index is -4.24. The molecule has 0 unspecified atom stereocenters. The molecule has 2 fully saturated rings. The maximum atomic E-state index is 13.7. The summed E-state index contributed by atoms with van der Waals surface area (Å²) in [6.45, 7) is 5.47. The number of nitrogens with one attached hydrogen (secondary N) is 4. The molecule has 3 heterocycles. The number of amides is 4. The van der Waals surface area contributed by atoms with Gasteiger partial charge in [0.15, 0.2) is 0 Å². The summed E-state index contributed by atoms with van der Waals surface area (Å²) < 4.78 is 35.3. The molecule has 236 valence electrons. The third kappa shape index (κ3) is 8.75. The molecule has 1 saturated carbocycles. The fraction of sp³-hybridized carbons (Fsp3) is 0.621. The van der Waals surface area contributed by atoms with Crippen LogP contribution in [0.25, 0.3) is 0 Å². The summed E-state index contributed by atoms with van der Waals surface area (Å²) in [6.07, 6.45) is 10.7. The number of nitrogens with zero attached hydrogens (tertiary/aromatic N) is 2. The molecule has 3 aliphatic rings. The minimum absolute atomic E-state index is 0.0501. The van der Waals surface area contributed by atoms with E-state index < -0.39 is 57.3 Å². The molecule has 14 heteroatoms. The van der Waals surface area contributed by atoms with Crippen molar-refractivity contribution < 1.29 is 32.3 Å². The van der Waals surface area contributed by atoms with Gasteiger partial charge in [0, 0.05) is 31.4 Å². The van der Waals surface area contributed by atoms with E-state index in [0.29, 0.717) is 44.2 Å². The van der Waals surface area contributed by atoms with Gasteiger partial charge in [-0.15, -0.1) is 0 Å². The first-order chi connectivity index (χ1) is 20.3. The normalized spacial score (nSPS) is 27.4. The first kappa shape index (κ1) is 32.4. The first-order valence-electron chi connectivity index (χ1n) is 14.8. The standard InChI is InChI=1S/C29H42N6O7S/c1-28(2,3)42-27(39)32-22-11-8-6-4-5-7-10-21-18-29(21,33-24(36)23-12-9-17-35(23)25(22)37)26(38)34-43(40,41)31-19-20-13-15-30-16-14-20/h7,10,13-16,21-23,31H,4-6,8-9,11-12,17-19H2,1-3H3,(H,32,39)(H,33,36)(H,34,38)/b10-7-/t21-,22+,23+,29-/m1/s1. The van der Waals surface area contributed by atoms with Crippen LogP contribution in [-0.4, -0.2) is 71.9 Å². The number of hydrogen-bond acceptors (Lipinski definition) is 8. The van der Waals surface area contributed by atoms with Crippen LogP contribution in [0.5, 0.6) is 0 Å². The molecule has 0 spiro atoms. The Morgan fingerprint density at radius 1 is 1.12 bits per heavy atom. The van der Waals surface area contributed by atoms with E-state index in [1.54, 1.807) is 32.9 Å². The van der Waals surface area contributed by atoms with Crippen molar-refractivity contribution in [2.75, 3.05) is 6.54 Å². The van der Waals surface area contributed by atoms with Crippen LogP contribution in [0.1, 0.15) is 77.7 Å². The van der Waals surface area contributed by atoms with Gasteiger partial charge in [-0.2, -0.15) is 13.1 Å². The Morgan fingerprint density at radius 3 is 2.58 bits per heavy atom. The lowest BCUT2D eigenvalue weighted by Crippen LogP contribution is -2.59. The Morgan fingerprint density at radius 2 is 1.86 bits per heavy atom. The van der Waals surface area contributed by atoms with Crippen molar-refractivity contribution in [3.05, 3.63) is 42.2 Å². The highest BCUT2D eigenvalue weighted by atomic mass is 32.2. The number of pyridine rings is 1. The summed E-state index contributed by atoms with van der Waals surface area (Å²) in [5.74, 6) is -2.17.